The first kappa shape index (κ1) is 15.3. The lowest BCUT2D eigenvalue weighted by Gasteiger charge is -2.46. The second-order valence-electron chi connectivity index (χ2n) is 8.18. The second kappa shape index (κ2) is 5.34. The van der Waals surface area contributed by atoms with Crippen molar-refractivity contribution in [1.82, 2.24) is 5.32 Å². The fourth-order valence-electron chi connectivity index (χ4n) is 4.28. The Morgan fingerprint density at radius 3 is 2.26 bits per heavy atom. The molecule has 0 bridgehead atoms. The van der Waals surface area contributed by atoms with Gasteiger partial charge in [-0.2, -0.15) is 0 Å². The van der Waals surface area contributed by atoms with E-state index in [1.54, 1.807) is 0 Å². The van der Waals surface area contributed by atoms with Crippen molar-refractivity contribution in [3.8, 4) is 0 Å². The van der Waals surface area contributed by atoms with E-state index < -0.39 is 0 Å². The van der Waals surface area contributed by atoms with Crippen LogP contribution in [-0.2, 0) is 9.47 Å². The minimum Gasteiger partial charge on any atom is -0.378 e. The van der Waals surface area contributed by atoms with E-state index in [1.807, 2.05) is 7.11 Å². The Labute approximate surface area is 118 Å². The molecule has 1 unspecified atom stereocenters. The smallest absolute Gasteiger partial charge is 0.106 e. The van der Waals surface area contributed by atoms with Gasteiger partial charge >= 0.3 is 0 Å². The summed E-state index contributed by atoms with van der Waals surface area (Å²) in [5.41, 5.74) is 0.781. The van der Waals surface area contributed by atoms with E-state index in [0.717, 1.165) is 26.2 Å². The highest BCUT2D eigenvalue weighted by Crippen LogP contribution is 2.45. The van der Waals surface area contributed by atoms with Gasteiger partial charge in [-0.15, -0.1) is 0 Å². The maximum Gasteiger partial charge on any atom is 0.106 e. The quantitative estimate of drug-likeness (QED) is 0.851. The van der Waals surface area contributed by atoms with Gasteiger partial charge in [0.2, 0.25) is 0 Å². The number of methoxy groups -OCH3 is 1. The van der Waals surface area contributed by atoms with E-state index in [9.17, 15) is 0 Å². The molecule has 112 valence electrons. The molecule has 2 rings (SSSR count). The largest absolute Gasteiger partial charge is 0.378 e. The zero-order valence-electron chi connectivity index (χ0n) is 13.3. The van der Waals surface area contributed by atoms with Gasteiger partial charge in [-0.1, -0.05) is 27.7 Å². The van der Waals surface area contributed by atoms with Crippen molar-refractivity contribution in [2.24, 2.45) is 10.8 Å². The molecule has 1 N–H and O–H groups in total. The average molecular weight is 269 g/mol. The molecule has 2 aliphatic rings. The third-order valence-electron chi connectivity index (χ3n) is 4.77. The van der Waals surface area contributed by atoms with Crippen LogP contribution in [0.2, 0.25) is 0 Å². The van der Waals surface area contributed by atoms with Crippen molar-refractivity contribution in [2.75, 3.05) is 26.9 Å². The second-order valence-corrected chi connectivity index (χ2v) is 8.18. The summed E-state index contributed by atoms with van der Waals surface area (Å²) in [5.74, 6) is 0. The van der Waals surface area contributed by atoms with E-state index in [2.05, 4.69) is 33.0 Å². The molecular formula is C16H31NO2. The van der Waals surface area contributed by atoms with Gasteiger partial charge in [-0.25, -0.2) is 0 Å². The van der Waals surface area contributed by atoms with Crippen LogP contribution in [0.25, 0.3) is 0 Å². The Balaban J connectivity index is 1.91. The molecule has 0 amide bonds. The minimum atomic E-state index is -0.0915. The van der Waals surface area contributed by atoms with E-state index in [4.69, 9.17) is 9.47 Å². The van der Waals surface area contributed by atoms with Crippen molar-refractivity contribution in [1.29, 1.82) is 0 Å². The van der Waals surface area contributed by atoms with Crippen LogP contribution in [0, 0.1) is 10.8 Å². The van der Waals surface area contributed by atoms with E-state index >= 15 is 0 Å². The van der Waals surface area contributed by atoms with Gasteiger partial charge in [0.25, 0.3) is 0 Å². The summed E-state index contributed by atoms with van der Waals surface area (Å²) >= 11 is 0. The summed E-state index contributed by atoms with van der Waals surface area (Å²) in [6.07, 6.45) is 4.85. The van der Waals surface area contributed by atoms with Crippen LogP contribution >= 0.6 is 0 Å². The highest BCUT2D eigenvalue weighted by molar-refractivity contribution is 4.95. The van der Waals surface area contributed by atoms with Crippen molar-refractivity contribution >= 4 is 0 Å². The third-order valence-corrected chi connectivity index (χ3v) is 4.77. The summed E-state index contributed by atoms with van der Waals surface area (Å²) < 4.78 is 11.2. The van der Waals surface area contributed by atoms with Crippen LogP contribution < -0.4 is 5.32 Å². The lowest BCUT2D eigenvalue weighted by atomic mass is 9.63. The van der Waals surface area contributed by atoms with Gasteiger partial charge in [0, 0.05) is 32.7 Å². The first-order chi connectivity index (χ1) is 8.76. The Kier molecular flexibility index (Phi) is 4.29. The first-order valence-corrected chi connectivity index (χ1v) is 7.62. The Hall–Kier alpha value is -0.120. The number of hydrogen-bond acceptors (Lipinski definition) is 3. The predicted molar refractivity (Wildman–Crippen MR) is 78.4 cm³/mol. The van der Waals surface area contributed by atoms with Crippen LogP contribution in [0.15, 0.2) is 0 Å². The lowest BCUT2D eigenvalue weighted by Crippen LogP contribution is -2.50. The minimum absolute atomic E-state index is 0.0915. The Morgan fingerprint density at radius 2 is 1.79 bits per heavy atom. The summed E-state index contributed by atoms with van der Waals surface area (Å²) in [6, 6.07) is 0.603. The number of hydrogen-bond donors (Lipinski definition) is 1. The molecule has 1 aliphatic heterocycles. The van der Waals surface area contributed by atoms with E-state index in [0.29, 0.717) is 16.9 Å². The highest BCUT2D eigenvalue weighted by atomic mass is 16.5. The molecule has 0 aromatic heterocycles. The first-order valence-electron chi connectivity index (χ1n) is 7.62. The molecule has 0 aromatic carbocycles. The zero-order valence-corrected chi connectivity index (χ0v) is 13.3. The molecule has 0 radical (unpaired) electrons. The molecule has 0 spiro atoms. The SMILES string of the molecule is COC1(CNC2CC(C)(C)CC(C)(C)C2)CCOC1. The molecule has 1 saturated heterocycles. The Morgan fingerprint density at radius 1 is 1.16 bits per heavy atom. The van der Waals surface area contributed by atoms with Crippen molar-refractivity contribution in [3.63, 3.8) is 0 Å². The van der Waals surface area contributed by atoms with Crippen molar-refractivity contribution in [2.45, 2.75) is 65.0 Å². The number of ether oxygens (including phenoxy) is 2. The maximum atomic E-state index is 5.71. The molecular weight excluding hydrogens is 238 g/mol. The maximum absolute atomic E-state index is 5.71. The zero-order chi connectivity index (χ0) is 14.1. The normalized spacial score (nSPS) is 34.6. The molecule has 19 heavy (non-hydrogen) atoms. The fourth-order valence-corrected chi connectivity index (χ4v) is 4.28. The fraction of sp³-hybridized carbons (Fsp3) is 1.00. The van der Waals surface area contributed by atoms with Crippen LogP contribution in [-0.4, -0.2) is 38.5 Å². The predicted octanol–water partition coefficient (Wildman–Crippen LogP) is 2.99. The van der Waals surface area contributed by atoms with E-state index in [-0.39, 0.29) is 5.60 Å². The van der Waals surface area contributed by atoms with Gasteiger partial charge in [0.1, 0.15) is 5.60 Å². The average Bonchev–Trinajstić information content (AvgIpc) is 2.71. The van der Waals surface area contributed by atoms with Crippen LogP contribution in [0.5, 0.6) is 0 Å². The third kappa shape index (κ3) is 3.93. The summed E-state index contributed by atoms with van der Waals surface area (Å²) in [5, 5.41) is 3.76. The summed E-state index contributed by atoms with van der Waals surface area (Å²) in [7, 11) is 1.81. The van der Waals surface area contributed by atoms with Crippen molar-refractivity contribution in [3.05, 3.63) is 0 Å². The van der Waals surface area contributed by atoms with E-state index in [1.165, 1.54) is 19.3 Å². The Bertz CT molecular complexity index is 290. The van der Waals surface area contributed by atoms with Crippen LogP contribution in [0.1, 0.15) is 53.4 Å². The molecule has 3 nitrogen and oxygen atoms in total. The van der Waals surface area contributed by atoms with Gasteiger partial charge in [0.15, 0.2) is 0 Å². The molecule has 1 saturated carbocycles. The monoisotopic (exact) mass is 269 g/mol. The van der Waals surface area contributed by atoms with Crippen LogP contribution in [0.4, 0.5) is 0 Å². The standard InChI is InChI=1S/C16H31NO2/c1-14(2)8-13(9-15(3,4)10-14)17-11-16(18-5)6-7-19-12-16/h13,17H,6-12H2,1-5H3. The lowest BCUT2D eigenvalue weighted by molar-refractivity contribution is -0.0224. The van der Waals surface area contributed by atoms with Crippen LogP contribution in [0.3, 0.4) is 0 Å². The molecule has 1 heterocycles. The molecule has 1 aliphatic carbocycles. The summed E-state index contributed by atoms with van der Waals surface area (Å²) in [6.45, 7) is 12.1. The number of rotatable bonds is 4. The van der Waals surface area contributed by atoms with Gasteiger partial charge in [0.05, 0.1) is 6.61 Å². The van der Waals surface area contributed by atoms with Gasteiger partial charge < -0.3 is 14.8 Å². The molecule has 2 fully saturated rings. The number of nitrogens with one attached hydrogen (secondary N) is 1. The van der Waals surface area contributed by atoms with Crippen molar-refractivity contribution < 1.29 is 9.47 Å². The van der Waals surface area contributed by atoms with Gasteiger partial charge in [-0.3, -0.25) is 0 Å². The highest BCUT2D eigenvalue weighted by Gasteiger charge is 2.40. The molecule has 3 heteroatoms. The molecule has 1 atom stereocenters. The topological polar surface area (TPSA) is 30.5 Å². The molecule has 0 aromatic rings. The summed E-state index contributed by atoms with van der Waals surface area (Å²) in [4.78, 5) is 0. The van der Waals surface area contributed by atoms with Gasteiger partial charge in [-0.05, 0) is 30.1 Å².